The number of piperidine rings is 1. The molecule has 0 unspecified atom stereocenters. The van der Waals surface area contributed by atoms with Crippen LogP contribution in [0.15, 0.2) is 48.5 Å². The van der Waals surface area contributed by atoms with Crippen molar-refractivity contribution in [1.29, 1.82) is 0 Å². The van der Waals surface area contributed by atoms with Crippen LogP contribution in [0.4, 0.5) is 0 Å². The van der Waals surface area contributed by atoms with Crippen LogP contribution < -0.4 is 10.6 Å². The lowest BCUT2D eigenvalue weighted by Crippen LogP contribution is -3.13. The van der Waals surface area contributed by atoms with Crippen LogP contribution >= 0.6 is 0 Å². The smallest absolute Gasteiger partial charge is 0.220 e. The average molecular weight is 293 g/mol. The van der Waals surface area contributed by atoms with Crippen LogP contribution in [-0.4, -0.2) is 19.0 Å². The molecule has 2 aromatic carbocycles. The first-order valence-electron chi connectivity index (χ1n) is 8.08. The van der Waals surface area contributed by atoms with Crippen molar-refractivity contribution in [1.82, 2.24) is 0 Å². The van der Waals surface area contributed by atoms with E-state index in [0.29, 0.717) is 6.04 Å². The zero-order valence-corrected chi connectivity index (χ0v) is 12.6. The van der Waals surface area contributed by atoms with E-state index in [4.69, 9.17) is 5.73 Å². The fourth-order valence-corrected chi connectivity index (χ4v) is 4.16. The van der Waals surface area contributed by atoms with E-state index in [1.807, 2.05) is 0 Å². The fourth-order valence-electron chi connectivity index (χ4n) is 4.16. The van der Waals surface area contributed by atoms with Gasteiger partial charge < -0.3 is 10.6 Å². The van der Waals surface area contributed by atoms with E-state index in [9.17, 15) is 4.79 Å². The predicted octanol–water partition coefficient (Wildman–Crippen LogP) is 1.54. The van der Waals surface area contributed by atoms with Crippen molar-refractivity contribution in [2.24, 2.45) is 11.7 Å². The van der Waals surface area contributed by atoms with Crippen LogP contribution in [0.3, 0.4) is 0 Å². The van der Waals surface area contributed by atoms with Crippen LogP contribution in [0.25, 0.3) is 11.1 Å². The Labute approximate surface area is 130 Å². The van der Waals surface area contributed by atoms with Crippen LogP contribution in [0, 0.1) is 5.92 Å². The monoisotopic (exact) mass is 293 g/mol. The summed E-state index contributed by atoms with van der Waals surface area (Å²) in [6.45, 7) is 2.03. The molecule has 4 rings (SSSR count). The van der Waals surface area contributed by atoms with Gasteiger partial charge in [-0.05, 0) is 11.1 Å². The van der Waals surface area contributed by atoms with Gasteiger partial charge in [0.05, 0.1) is 13.1 Å². The summed E-state index contributed by atoms with van der Waals surface area (Å²) in [7, 11) is 0. The molecule has 0 bridgehead atoms. The molecule has 1 heterocycles. The summed E-state index contributed by atoms with van der Waals surface area (Å²) in [5, 5.41) is 0. The van der Waals surface area contributed by atoms with E-state index in [1.54, 1.807) is 4.90 Å². The Kier molecular flexibility index (Phi) is 3.23. The van der Waals surface area contributed by atoms with E-state index in [2.05, 4.69) is 48.5 Å². The minimum absolute atomic E-state index is 0.0654. The van der Waals surface area contributed by atoms with Crippen LogP contribution in [-0.2, 0) is 4.79 Å². The van der Waals surface area contributed by atoms with Crippen molar-refractivity contribution in [3.05, 3.63) is 59.7 Å². The zero-order chi connectivity index (χ0) is 15.1. The highest BCUT2D eigenvalue weighted by atomic mass is 16.1. The number of nitrogens with one attached hydrogen (secondary N) is 1. The number of rotatable bonds is 2. The largest absolute Gasteiger partial charge is 0.369 e. The Balaban J connectivity index is 1.69. The molecule has 1 aliphatic heterocycles. The minimum Gasteiger partial charge on any atom is -0.369 e. The van der Waals surface area contributed by atoms with Crippen LogP contribution in [0.2, 0.25) is 0 Å². The first-order chi connectivity index (χ1) is 10.8. The van der Waals surface area contributed by atoms with E-state index in [-0.39, 0.29) is 11.8 Å². The summed E-state index contributed by atoms with van der Waals surface area (Å²) in [5.74, 6) is -0.0677. The van der Waals surface area contributed by atoms with Crippen molar-refractivity contribution in [2.45, 2.75) is 18.9 Å². The van der Waals surface area contributed by atoms with E-state index in [0.717, 1.165) is 25.9 Å². The Hall–Kier alpha value is -2.13. The molecule has 2 aromatic rings. The highest BCUT2D eigenvalue weighted by Gasteiger charge is 2.38. The van der Waals surface area contributed by atoms with Crippen molar-refractivity contribution in [3.63, 3.8) is 0 Å². The van der Waals surface area contributed by atoms with E-state index < -0.39 is 0 Å². The van der Waals surface area contributed by atoms with Gasteiger partial charge in [-0.1, -0.05) is 48.5 Å². The van der Waals surface area contributed by atoms with Gasteiger partial charge in [-0.25, -0.2) is 0 Å². The molecule has 3 heteroatoms. The molecule has 0 spiro atoms. The SMILES string of the molecule is NC(=O)C1CC[NH+](C2c3ccccc3-c3ccccc32)CC1. The van der Waals surface area contributed by atoms with Gasteiger partial charge in [0.15, 0.2) is 0 Å². The molecule has 1 aliphatic carbocycles. The molecular formula is C19H21N2O+. The molecule has 1 amide bonds. The molecular weight excluding hydrogens is 272 g/mol. The van der Waals surface area contributed by atoms with Crippen molar-refractivity contribution in [3.8, 4) is 11.1 Å². The molecule has 0 radical (unpaired) electrons. The van der Waals surface area contributed by atoms with Gasteiger partial charge in [0, 0.05) is 29.9 Å². The van der Waals surface area contributed by atoms with Gasteiger partial charge in [-0.2, -0.15) is 0 Å². The molecule has 2 aliphatic rings. The quantitative estimate of drug-likeness (QED) is 0.867. The van der Waals surface area contributed by atoms with Crippen LogP contribution in [0.5, 0.6) is 0 Å². The Morgan fingerprint density at radius 1 is 0.909 bits per heavy atom. The number of amides is 1. The van der Waals surface area contributed by atoms with Gasteiger partial charge in [-0.3, -0.25) is 4.79 Å². The lowest BCUT2D eigenvalue weighted by molar-refractivity contribution is -0.930. The normalized spacial score (nSPS) is 23.8. The number of quaternary nitrogens is 1. The van der Waals surface area contributed by atoms with Crippen LogP contribution in [0.1, 0.15) is 30.0 Å². The summed E-state index contributed by atoms with van der Waals surface area (Å²) in [6.07, 6.45) is 1.82. The van der Waals surface area contributed by atoms with Crippen molar-refractivity contribution < 1.29 is 9.69 Å². The summed E-state index contributed by atoms with van der Waals surface area (Å²) >= 11 is 0. The molecule has 3 N–H and O–H groups in total. The first kappa shape index (κ1) is 13.5. The highest BCUT2D eigenvalue weighted by molar-refractivity contribution is 5.78. The van der Waals surface area contributed by atoms with Gasteiger partial charge >= 0.3 is 0 Å². The minimum atomic E-state index is -0.133. The maximum Gasteiger partial charge on any atom is 0.220 e. The standard InChI is InChI=1S/C19H20N2O/c20-19(22)13-9-11-21(12-10-13)18-16-7-3-1-5-14(16)15-6-2-4-8-17(15)18/h1-8,13,18H,9-12H2,(H2,20,22)/p+1. The number of likely N-dealkylation sites (tertiary alicyclic amines) is 1. The molecule has 1 saturated heterocycles. The second-order valence-electron chi connectivity index (χ2n) is 6.44. The predicted molar refractivity (Wildman–Crippen MR) is 86.3 cm³/mol. The fraction of sp³-hybridized carbons (Fsp3) is 0.316. The molecule has 22 heavy (non-hydrogen) atoms. The maximum absolute atomic E-state index is 11.4. The first-order valence-corrected chi connectivity index (χ1v) is 8.08. The second-order valence-corrected chi connectivity index (χ2v) is 6.44. The number of nitrogens with two attached hydrogens (primary N) is 1. The van der Waals surface area contributed by atoms with Gasteiger partial charge in [0.2, 0.25) is 5.91 Å². The third kappa shape index (κ3) is 2.04. The highest BCUT2D eigenvalue weighted by Crippen LogP contribution is 2.41. The number of carbonyl (C=O) groups excluding carboxylic acids is 1. The van der Waals surface area contributed by atoms with Crippen molar-refractivity contribution in [2.75, 3.05) is 13.1 Å². The third-order valence-corrected chi connectivity index (χ3v) is 5.27. The van der Waals surface area contributed by atoms with Gasteiger partial charge in [0.25, 0.3) is 0 Å². The zero-order valence-electron chi connectivity index (χ0n) is 12.6. The third-order valence-electron chi connectivity index (χ3n) is 5.27. The Morgan fingerprint density at radius 3 is 1.91 bits per heavy atom. The average Bonchev–Trinajstić information content (AvgIpc) is 2.89. The van der Waals surface area contributed by atoms with E-state index >= 15 is 0 Å². The molecule has 1 fully saturated rings. The molecule has 0 aromatic heterocycles. The second kappa shape index (κ2) is 5.25. The number of carbonyl (C=O) groups is 1. The lowest BCUT2D eigenvalue weighted by atomic mass is 9.93. The molecule has 112 valence electrons. The number of hydrogen-bond donors (Lipinski definition) is 2. The number of hydrogen-bond acceptors (Lipinski definition) is 1. The van der Waals surface area contributed by atoms with Gasteiger partial charge in [0.1, 0.15) is 6.04 Å². The Morgan fingerprint density at radius 2 is 1.41 bits per heavy atom. The topological polar surface area (TPSA) is 47.5 Å². The molecule has 3 nitrogen and oxygen atoms in total. The molecule has 0 saturated carbocycles. The maximum atomic E-state index is 11.4. The molecule has 0 atom stereocenters. The van der Waals surface area contributed by atoms with Crippen molar-refractivity contribution >= 4 is 5.91 Å². The number of benzene rings is 2. The summed E-state index contributed by atoms with van der Waals surface area (Å²) in [4.78, 5) is 13.0. The van der Waals surface area contributed by atoms with E-state index in [1.165, 1.54) is 22.3 Å². The van der Waals surface area contributed by atoms with Gasteiger partial charge in [-0.15, -0.1) is 0 Å². The summed E-state index contributed by atoms with van der Waals surface area (Å²) in [6, 6.07) is 17.9. The Bertz CT molecular complexity index is 671. The lowest BCUT2D eigenvalue weighted by Gasteiger charge is -2.33. The summed E-state index contributed by atoms with van der Waals surface area (Å²) < 4.78 is 0. The summed E-state index contributed by atoms with van der Waals surface area (Å²) in [5.41, 5.74) is 11.1. The number of fused-ring (bicyclic) bond motifs is 3. The number of primary amides is 1.